The summed E-state index contributed by atoms with van der Waals surface area (Å²) in [5.74, 6) is 1.12. The Hall–Kier alpha value is -3.32. The first-order valence-corrected chi connectivity index (χ1v) is 12.5. The van der Waals surface area contributed by atoms with Gasteiger partial charge in [0.15, 0.2) is 5.16 Å². The van der Waals surface area contributed by atoms with Crippen molar-refractivity contribution >= 4 is 33.6 Å². The van der Waals surface area contributed by atoms with Gasteiger partial charge in [0.05, 0.1) is 18.0 Å². The van der Waals surface area contributed by atoms with Gasteiger partial charge < -0.3 is 9.15 Å². The number of aromatic nitrogens is 2. The lowest BCUT2D eigenvalue weighted by atomic mass is 9.97. The van der Waals surface area contributed by atoms with Gasteiger partial charge >= 0.3 is 5.63 Å². The number of hydrogen-bond donors (Lipinski definition) is 0. The zero-order valence-electron chi connectivity index (χ0n) is 19.1. The molecule has 0 spiro atoms. The normalized spacial score (nSPS) is 13.9. The number of para-hydroxylation sites is 1. The SMILES string of the molecule is COc1ccc2c(CSc3nc4ccccc4c(=O)n3CCC3=CCCCC3)cc(=O)oc2c1. The molecule has 2 aromatic carbocycles. The third-order valence-electron chi connectivity index (χ3n) is 6.26. The van der Waals surface area contributed by atoms with Gasteiger partial charge in [-0.25, -0.2) is 9.78 Å². The monoisotopic (exact) mass is 474 g/mol. The number of thioether (sulfide) groups is 1. The minimum Gasteiger partial charge on any atom is -0.497 e. The largest absolute Gasteiger partial charge is 0.497 e. The van der Waals surface area contributed by atoms with Crippen LogP contribution in [0.3, 0.4) is 0 Å². The molecule has 0 radical (unpaired) electrons. The fraction of sp³-hybridized carbons (Fsp3) is 0.296. The quantitative estimate of drug-likeness (QED) is 0.148. The van der Waals surface area contributed by atoms with E-state index in [0.29, 0.717) is 39.7 Å². The van der Waals surface area contributed by atoms with Crippen LogP contribution in [0.2, 0.25) is 0 Å². The van der Waals surface area contributed by atoms with Crippen LogP contribution in [0.5, 0.6) is 5.75 Å². The molecule has 0 aliphatic heterocycles. The lowest BCUT2D eigenvalue weighted by Gasteiger charge is -2.16. The molecule has 0 atom stereocenters. The van der Waals surface area contributed by atoms with Crippen LogP contribution in [0.25, 0.3) is 21.9 Å². The van der Waals surface area contributed by atoms with Gasteiger partial charge in [0, 0.05) is 29.8 Å². The maximum absolute atomic E-state index is 13.4. The number of hydrogen-bond acceptors (Lipinski definition) is 6. The molecule has 34 heavy (non-hydrogen) atoms. The van der Waals surface area contributed by atoms with E-state index >= 15 is 0 Å². The number of benzene rings is 2. The highest BCUT2D eigenvalue weighted by molar-refractivity contribution is 7.98. The molecule has 6 nitrogen and oxygen atoms in total. The molecule has 4 aromatic rings. The molecule has 0 amide bonds. The molecule has 2 heterocycles. The molecule has 0 fully saturated rings. The molecule has 174 valence electrons. The van der Waals surface area contributed by atoms with Gasteiger partial charge in [-0.05, 0) is 61.9 Å². The van der Waals surface area contributed by atoms with Crippen LogP contribution in [0.1, 0.15) is 37.7 Å². The van der Waals surface area contributed by atoms with Crippen LogP contribution in [-0.4, -0.2) is 16.7 Å². The Labute approximate surface area is 201 Å². The second-order valence-corrected chi connectivity index (χ2v) is 9.41. The Balaban J connectivity index is 1.50. The van der Waals surface area contributed by atoms with Crippen LogP contribution < -0.4 is 15.9 Å². The van der Waals surface area contributed by atoms with Gasteiger partial charge in [0.1, 0.15) is 11.3 Å². The van der Waals surface area contributed by atoms with E-state index in [1.807, 2.05) is 36.4 Å². The van der Waals surface area contributed by atoms with Crippen LogP contribution in [0.15, 0.2) is 79.3 Å². The zero-order valence-corrected chi connectivity index (χ0v) is 19.9. The summed E-state index contributed by atoms with van der Waals surface area (Å²) in [4.78, 5) is 30.4. The van der Waals surface area contributed by atoms with E-state index in [4.69, 9.17) is 14.1 Å². The Kier molecular flexibility index (Phi) is 6.54. The standard InChI is InChI=1S/C27H26N2O4S/c1-32-20-11-12-21-19(15-25(30)33-24(21)16-20)17-34-27-28-23-10-6-5-9-22(23)26(31)29(27)14-13-18-7-3-2-4-8-18/h5-7,9-12,15-16H,2-4,8,13-14,17H2,1H3. The molecule has 0 N–H and O–H groups in total. The molecular weight excluding hydrogens is 448 g/mol. The highest BCUT2D eigenvalue weighted by atomic mass is 32.2. The molecule has 0 saturated carbocycles. The highest BCUT2D eigenvalue weighted by Crippen LogP contribution is 2.29. The van der Waals surface area contributed by atoms with Crippen LogP contribution in [0, 0.1) is 0 Å². The molecule has 1 aliphatic rings. The summed E-state index contributed by atoms with van der Waals surface area (Å²) >= 11 is 1.47. The van der Waals surface area contributed by atoms with Crippen molar-refractivity contribution in [3.63, 3.8) is 0 Å². The van der Waals surface area contributed by atoms with Crippen LogP contribution in [0.4, 0.5) is 0 Å². The first kappa shape index (κ1) is 22.5. The Bertz CT molecular complexity index is 1500. The minimum atomic E-state index is -0.413. The van der Waals surface area contributed by atoms with E-state index in [2.05, 4.69) is 6.08 Å². The van der Waals surface area contributed by atoms with Crippen molar-refractivity contribution < 1.29 is 9.15 Å². The topological polar surface area (TPSA) is 74.3 Å². The Morgan fingerprint density at radius 2 is 1.97 bits per heavy atom. The summed E-state index contributed by atoms with van der Waals surface area (Å²) in [6, 6.07) is 14.4. The number of allylic oxidation sites excluding steroid dienone is 2. The summed E-state index contributed by atoms with van der Waals surface area (Å²) in [5.41, 5.74) is 2.99. The first-order valence-electron chi connectivity index (χ1n) is 11.5. The number of fused-ring (bicyclic) bond motifs is 2. The van der Waals surface area contributed by atoms with Crippen LogP contribution >= 0.6 is 11.8 Å². The van der Waals surface area contributed by atoms with Gasteiger partial charge in [-0.15, -0.1) is 0 Å². The van der Waals surface area contributed by atoms with Gasteiger partial charge in [0.25, 0.3) is 5.56 Å². The lowest BCUT2D eigenvalue weighted by molar-refractivity contribution is 0.414. The predicted octanol–water partition coefficient (Wildman–Crippen LogP) is 5.69. The molecule has 0 unspecified atom stereocenters. The van der Waals surface area contributed by atoms with Crippen LogP contribution in [-0.2, 0) is 12.3 Å². The number of rotatable bonds is 7. The van der Waals surface area contributed by atoms with Gasteiger partial charge in [-0.1, -0.05) is 35.5 Å². The third-order valence-corrected chi connectivity index (χ3v) is 7.29. The molecule has 0 saturated heterocycles. The van der Waals surface area contributed by atoms with Crippen molar-refractivity contribution in [2.24, 2.45) is 0 Å². The average molecular weight is 475 g/mol. The number of methoxy groups -OCH3 is 1. The maximum Gasteiger partial charge on any atom is 0.336 e. The lowest BCUT2D eigenvalue weighted by Crippen LogP contribution is -2.24. The molecule has 1 aliphatic carbocycles. The van der Waals surface area contributed by atoms with Gasteiger partial charge in [-0.3, -0.25) is 9.36 Å². The summed E-state index contributed by atoms with van der Waals surface area (Å²) in [6.45, 7) is 0.597. The zero-order chi connectivity index (χ0) is 23.5. The van der Waals surface area contributed by atoms with Crippen molar-refractivity contribution in [3.05, 3.63) is 86.5 Å². The molecule has 0 bridgehead atoms. The van der Waals surface area contributed by atoms with Crippen molar-refractivity contribution in [2.75, 3.05) is 7.11 Å². The summed E-state index contributed by atoms with van der Waals surface area (Å²) in [5, 5.41) is 2.13. The second-order valence-electron chi connectivity index (χ2n) is 8.47. The van der Waals surface area contributed by atoms with Crippen molar-refractivity contribution in [2.45, 2.75) is 49.6 Å². The van der Waals surface area contributed by atoms with Crippen molar-refractivity contribution in [3.8, 4) is 5.75 Å². The summed E-state index contributed by atoms with van der Waals surface area (Å²) < 4.78 is 12.4. The van der Waals surface area contributed by atoms with Gasteiger partial charge in [0.2, 0.25) is 0 Å². The van der Waals surface area contributed by atoms with Gasteiger partial charge in [-0.2, -0.15) is 0 Å². The Morgan fingerprint density at radius 1 is 1.09 bits per heavy atom. The summed E-state index contributed by atoms with van der Waals surface area (Å²) in [7, 11) is 1.58. The van der Waals surface area contributed by atoms with Crippen molar-refractivity contribution in [1.82, 2.24) is 9.55 Å². The van der Waals surface area contributed by atoms with E-state index in [1.54, 1.807) is 17.7 Å². The van der Waals surface area contributed by atoms with Crippen molar-refractivity contribution in [1.29, 1.82) is 0 Å². The second kappa shape index (κ2) is 9.89. The maximum atomic E-state index is 13.4. The smallest absolute Gasteiger partial charge is 0.336 e. The van der Waals surface area contributed by atoms with E-state index in [-0.39, 0.29) is 5.56 Å². The first-order chi connectivity index (χ1) is 16.6. The fourth-order valence-corrected chi connectivity index (χ4v) is 5.46. The highest BCUT2D eigenvalue weighted by Gasteiger charge is 2.15. The van der Waals surface area contributed by atoms with E-state index in [1.165, 1.54) is 36.2 Å². The van der Waals surface area contributed by atoms with E-state index < -0.39 is 5.63 Å². The Morgan fingerprint density at radius 3 is 2.79 bits per heavy atom. The molecule has 5 rings (SSSR count). The molecule has 2 aromatic heterocycles. The third kappa shape index (κ3) is 4.66. The van der Waals surface area contributed by atoms with E-state index in [9.17, 15) is 9.59 Å². The minimum absolute atomic E-state index is 0.0216. The average Bonchev–Trinajstić information content (AvgIpc) is 2.87. The van der Waals surface area contributed by atoms with E-state index in [0.717, 1.165) is 30.2 Å². The predicted molar refractivity (Wildman–Crippen MR) is 136 cm³/mol. The molecular formula is C27H26N2O4S. The summed E-state index contributed by atoms with van der Waals surface area (Å²) in [6.07, 6.45) is 7.86. The number of ether oxygens (including phenoxy) is 1. The number of nitrogens with zero attached hydrogens (tertiary/aromatic N) is 2. The molecule has 7 heteroatoms. The fourth-order valence-electron chi connectivity index (χ4n) is 4.44.